The third-order valence-electron chi connectivity index (χ3n) is 3.92. The summed E-state index contributed by atoms with van der Waals surface area (Å²) in [4.78, 5) is 12.4. The lowest BCUT2D eigenvalue weighted by atomic mass is 10.1. The molecule has 0 spiro atoms. The molecule has 0 aliphatic heterocycles. The first-order valence-corrected chi connectivity index (χ1v) is 8.15. The van der Waals surface area contributed by atoms with Crippen LogP contribution in [0, 0.1) is 19.8 Å². The van der Waals surface area contributed by atoms with Gasteiger partial charge in [-0.25, -0.2) is 4.68 Å². The topological polar surface area (TPSA) is 90.5 Å². The van der Waals surface area contributed by atoms with Gasteiger partial charge in [0.1, 0.15) is 6.33 Å². The van der Waals surface area contributed by atoms with Crippen LogP contribution in [0.1, 0.15) is 28.7 Å². The van der Waals surface area contributed by atoms with Crippen molar-refractivity contribution < 1.29 is 4.79 Å². The lowest BCUT2D eigenvalue weighted by Gasteiger charge is -2.14. The highest BCUT2D eigenvalue weighted by molar-refractivity contribution is 5.94. The molecule has 0 fully saturated rings. The van der Waals surface area contributed by atoms with Crippen molar-refractivity contribution in [3.05, 3.63) is 53.6 Å². The molecule has 0 saturated heterocycles. The third kappa shape index (κ3) is 4.09. The quantitative estimate of drug-likeness (QED) is 0.736. The van der Waals surface area contributed by atoms with E-state index in [2.05, 4.69) is 38.9 Å². The Bertz CT molecular complexity index is 854. The van der Waals surface area contributed by atoms with Crippen molar-refractivity contribution in [2.75, 3.05) is 6.54 Å². The maximum Gasteiger partial charge on any atom is 0.251 e. The van der Waals surface area contributed by atoms with E-state index in [1.165, 1.54) is 11.0 Å². The molecule has 0 bridgehead atoms. The molecule has 25 heavy (non-hydrogen) atoms. The van der Waals surface area contributed by atoms with Gasteiger partial charge in [-0.05, 0) is 54.5 Å². The van der Waals surface area contributed by atoms with Gasteiger partial charge in [0, 0.05) is 24.3 Å². The standard InChI is InChI=1S/C17H21N7O/c1-12(10-23-14(3)7-13(2)20-23)9-18-17(25)15-5-4-6-16(8-15)24-11-19-21-22-24/h4-8,11-12H,9-10H2,1-3H3,(H,18,25)/t12-/m0/s1. The summed E-state index contributed by atoms with van der Waals surface area (Å²) >= 11 is 0. The SMILES string of the molecule is Cc1cc(C)n(C[C@@H](C)CNC(=O)c2cccc(-n3cnnn3)c2)n1. The van der Waals surface area contributed by atoms with Gasteiger partial charge in [-0.3, -0.25) is 9.48 Å². The molecule has 0 aliphatic rings. The van der Waals surface area contributed by atoms with Crippen molar-refractivity contribution in [1.29, 1.82) is 0 Å². The summed E-state index contributed by atoms with van der Waals surface area (Å²) in [5.74, 6) is 0.153. The summed E-state index contributed by atoms with van der Waals surface area (Å²) in [5, 5.41) is 18.5. The van der Waals surface area contributed by atoms with Crippen LogP contribution in [-0.4, -0.2) is 42.4 Å². The van der Waals surface area contributed by atoms with Gasteiger partial charge in [-0.1, -0.05) is 13.0 Å². The second-order valence-corrected chi connectivity index (χ2v) is 6.23. The van der Waals surface area contributed by atoms with Crippen LogP contribution in [0.3, 0.4) is 0 Å². The van der Waals surface area contributed by atoms with E-state index >= 15 is 0 Å². The van der Waals surface area contributed by atoms with E-state index in [1.54, 1.807) is 12.1 Å². The van der Waals surface area contributed by atoms with Gasteiger partial charge in [-0.2, -0.15) is 5.10 Å². The largest absolute Gasteiger partial charge is 0.352 e. The molecule has 3 aromatic rings. The monoisotopic (exact) mass is 339 g/mol. The van der Waals surface area contributed by atoms with E-state index < -0.39 is 0 Å². The first-order valence-electron chi connectivity index (χ1n) is 8.15. The van der Waals surface area contributed by atoms with Crippen LogP contribution in [0.2, 0.25) is 0 Å². The maximum atomic E-state index is 12.4. The van der Waals surface area contributed by atoms with Crippen molar-refractivity contribution in [1.82, 2.24) is 35.3 Å². The molecular formula is C17H21N7O. The van der Waals surface area contributed by atoms with Gasteiger partial charge in [0.2, 0.25) is 0 Å². The van der Waals surface area contributed by atoms with E-state index in [-0.39, 0.29) is 11.8 Å². The van der Waals surface area contributed by atoms with Gasteiger partial charge in [0.15, 0.2) is 0 Å². The average Bonchev–Trinajstić information content (AvgIpc) is 3.23. The molecule has 2 heterocycles. The minimum Gasteiger partial charge on any atom is -0.352 e. The van der Waals surface area contributed by atoms with E-state index in [4.69, 9.17) is 0 Å². The lowest BCUT2D eigenvalue weighted by Crippen LogP contribution is -2.30. The number of benzene rings is 1. The molecule has 2 aromatic heterocycles. The van der Waals surface area contributed by atoms with E-state index in [9.17, 15) is 4.79 Å². The summed E-state index contributed by atoms with van der Waals surface area (Å²) in [6.45, 7) is 7.45. The zero-order chi connectivity index (χ0) is 17.8. The third-order valence-corrected chi connectivity index (χ3v) is 3.92. The number of tetrazole rings is 1. The van der Waals surface area contributed by atoms with Crippen molar-refractivity contribution >= 4 is 5.91 Å². The summed E-state index contributed by atoms with van der Waals surface area (Å²) in [6, 6.07) is 9.24. The molecule has 3 rings (SSSR count). The molecule has 1 atom stereocenters. The Hall–Kier alpha value is -3.03. The van der Waals surface area contributed by atoms with Gasteiger partial charge >= 0.3 is 0 Å². The number of aryl methyl sites for hydroxylation is 2. The van der Waals surface area contributed by atoms with Crippen molar-refractivity contribution in [2.45, 2.75) is 27.3 Å². The van der Waals surface area contributed by atoms with Crippen LogP contribution in [0.25, 0.3) is 5.69 Å². The van der Waals surface area contributed by atoms with E-state index in [0.717, 1.165) is 23.6 Å². The number of carbonyl (C=O) groups is 1. The molecule has 1 aromatic carbocycles. The first kappa shape index (κ1) is 16.8. The van der Waals surface area contributed by atoms with E-state index in [0.29, 0.717) is 12.1 Å². The molecule has 1 amide bonds. The number of hydrogen-bond donors (Lipinski definition) is 1. The molecule has 0 radical (unpaired) electrons. The molecule has 0 unspecified atom stereocenters. The minimum atomic E-state index is -0.116. The fraction of sp³-hybridized carbons (Fsp3) is 0.353. The number of aromatic nitrogens is 6. The highest BCUT2D eigenvalue weighted by atomic mass is 16.1. The maximum absolute atomic E-state index is 12.4. The Labute approximate surface area is 145 Å². The zero-order valence-electron chi connectivity index (χ0n) is 14.5. The average molecular weight is 339 g/mol. The molecule has 0 saturated carbocycles. The summed E-state index contributed by atoms with van der Waals surface area (Å²) in [5.41, 5.74) is 3.46. The fourth-order valence-corrected chi connectivity index (χ4v) is 2.66. The number of rotatable bonds is 6. The number of carbonyl (C=O) groups excluding carboxylic acids is 1. The smallest absolute Gasteiger partial charge is 0.251 e. The molecular weight excluding hydrogens is 318 g/mol. The van der Waals surface area contributed by atoms with E-state index in [1.807, 2.05) is 30.7 Å². The van der Waals surface area contributed by atoms with Crippen LogP contribution in [0.5, 0.6) is 0 Å². The molecule has 1 N–H and O–H groups in total. The Kier molecular flexibility index (Phi) is 4.87. The summed E-state index contributed by atoms with van der Waals surface area (Å²) in [7, 11) is 0. The summed E-state index contributed by atoms with van der Waals surface area (Å²) < 4.78 is 3.49. The van der Waals surface area contributed by atoms with Crippen LogP contribution < -0.4 is 5.32 Å². The van der Waals surface area contributed by atoms with Gasteiger partial charge in [0.05, 0.1) is 11.4 Å². The molecule has 130 valence electrons. The normalized spacial score (nSPS) is 12.1. The van der Waals surface area contributed by atoms with Crippen LogP contribution >= 0.6 is 0 Å². The predicted octanol–water partition coefficient (Wildman–Crippen LogP) is 1.54. The van der Waals surface area contributed by atoms with Crippen molar-refractivity contribution in [3.8, 4) is 5.69 Å². The Morgan fingerprint density at radius 3 is 2.80 bits per heavy atom. The van der Waals surface area contributed by atoms with Gasteiger partial charge in [-0.15, -0.1) is 5.10 Å². The van der Waals surface area contributed by atoms with Gasteiger partial charge < -0.3 is 5.32 Å². The predicted molar refractivity (Wildman–Crippen MR) is 92.4 cm³/mol. The van der Waals surface area contributed by atoms with Crippen LogP contribution in [-0.2, 0) is 6.54 Å². The number of hydrogen-bond acceptors (Lipinski definition) is 5. The highest BCUT2D eigenvalue weighted by Gasteiger charge is 2.11. The molecule has 8 nitrogen and oxygen atoms in total. The number of amides is 1. The van der Waals surface area contributed by atoms with Crippen LogP contribution in [0.15, 0.2) is 36.7 Å². The van der Waals surface area contributed by atoms with Crippen molar-refractivity contribution in [3.63, 3.8) is 0 Å². The first-order chi connectivity index (χ1) is 12.0. The Morgan fingerprint density at radius 2 is 2.12 bits per heavy atom. The van der Waals surface area contributed by atoms with Crippen LogP contribution in [0.4, 0.5) is 0 Å². The second kappa shape index (κ2) is 7.25. The Morgan fingerprint density at radius 1 is 1.28 bits per heavy atom. The molecule has 0 aliphatic carbocycles. The zero-order valence-corrected chi connectivity index (χ0v) is 14.5. The highest BCUT2D eigenvalue weighted by Crippen LogP contribution is 2.10. The minimum absolute atomic E-state index is 0.116. The molecule has 8 heteroatoms. The number of nitrogens with zero attached hydrogens (tertiary/aromatic N) is 6. The number of nitrogens with one attached hydrogen (secondary N) is 1. The fourth-order valence-electron chi connectivity index (χ4n) is 2.66. The van der Waals surface area contributed by atoms with Gasteiger partial charge in [0.25, 0.3) is 5.91 Å². The summed E-state index contributed by atoms with van der Waals surface area (Å²) in [6.07, 6.45) is 1.49. The van der Waals surface area contributed by atoms with Crippen molar-refractivity contribution in [2.24, 2.45) is 5.92 Å². The Balaban J connectivity index is 1.59. The lowest BCUT2D eigenvalue weighted by molar-refractivity contribution is 0.0946. The second-order valence-electron chi connectivity index (χ2n) is 6.23.